The Hall–Kier alpha value is -2.47. The van der Waals surface area contributed by atoms with Crippen LogP contribution < -0.4 is 4.31 Å². The van der Waals surface area contributed by atoms with Crippen LogP contribution in [0.25, 0.3) is 0 Å². The number of benzene rings is 2. The number of anilines is 1. The summed E-state index contributed by atoms with van der Waals surface area (Å²) in [5.41, 5.74) is 4.15. The highest BCUT2D eigenvalue weighted by Gasteiger charge is 2.47. The molecule has 2 heterocycles. The van der Waals surface area contributed by atoms with E-state index >= 15 is 0 Å². The van der Waals surface area contributed by atoms with Crippen LogP contribution in [0.4, 0.5) is 5.69 Å². The van der Waals surface area contributed by atoms with Crippen LogP contribution in [-0.4, -0.2) is 39.2 Å². The normalized spacial score (nSPS) is 18.0. The van der Waals surface area contributed by atoms with Gasteiger partial charge in [-0.15, -0.1) is 0 Å². The van der Waals surface area contributed by atoms with Crippen LogP contribution in [0.2, 0.25) is 0 Å². The van der Waals surface area contributed by atoms with Crippen LogP contribution in [0.1, 0.15) is 29.5 Å². The maximum atomic E-state index is 12.4. The molecule has 2 aromatic carbocycles. The lowest BCUT2D eigenvalue weighted by molar-refractivity contribution is 0.0757. The number of fused-ring (bicyclic) bond motifs is 2. The maximum absolute atomic E-state index is 12.4. The van der Waals surface area contributed by atoms with Crippen LogP contribution in [-0.2, 0) is 26.8 Å². The first-order valence-electron chi connectivity index (χ1n) is 9.98. The molecule has 4 rings (SSSR count). The number of ether oxygens (including phenoxy) is 1. The van der Waals surface area contributed by atoms with Crippen molar-refractivity contribution in [3.05, 3.63) is 77.7 Å². The summed E-state index contributed by atoms with van der Waals surface area (Å²) >= 11 is 0. The zero-order chi connectivity index (χ0) is 20.6. The van der Waals surface area contributed by atoms with Gasteiger partial charge in [0, 0.05) is 25.0 Å². The van der Waals surface area contributed by atoms with E-state index in [0.717, 1.165) is 42.7 Å². The monoisotopic (exact) mass is 412 g/mol. The van der Waals surface area contributed by atoms with Crippen molar-refractivity contribution in [2.45, 2.75) is 31.8 Å². The fraction of sp³-hybridized carbons (Fsp3) is 0.391. The molecule has 154 valence electrons. The molecule has 0 unspecified atom stereocenters. The van der Waals surface area contributed by atoms with Gasteiger partial charge in [-0.1, -0.05) is 48.0 Å². The highest BCUT2D eigenvalue weighted by molar-refractivity contribution is 7.92. The summed E-state index contributed by atoms with van der Waals surface area (Å²) in [6.07, 6.45) is 3.05. The first kappa shape index (κ1) is 19.8. The Balaban J connectivity index is 1.47. The first-order chi connectivity index (χ1) is 13.8. The predicted octanol–water partition coefficient (Wildman–Crippen LogP) is 3.80. The highest BCUT2D eigenvalue weighted by atomic mass is 32.2. The van der Waals surface area contributed by atoms with Gasteiger partial charge in [-0.3, -0.25) is 4.31 Å². The quantitative estimate of drug-likeness (QED) is 0.701. The molecule has 1 fully saturated rings. The molecule has 1 spiro atoms. The summed E-state index contributed by atoms with van der Waals surface area (Å²) in [4.78, 5) is 2.17. The molecule has 2 aromatic rings. The molecule has 5 nitrogen and oxygen atoms in total. The van der Waals surface area contributed by atoms with Gasteiger partial charge in [0.05, 0.1) is 11.9 Å². The van der Waals surface area contributed by atoms with Crippen LogP contribution >= 0.6 is 0 Å². The van der Waals surface area contributed by atoms with Crippen molar-refractivity contribution >= 4 is 15.7 Å². The maximum Gasteiger partial charge on any atom is 0.232 e. The lowest BCUT2D eigenvalue weighted by atomic mass is 9.74. The minimum absolute atomic E-state index is 0.138. The van der Waals surface area contributed by atoms with Crippen LogP contribution in [0.5, 0.6) is 0 Å². The van der Waals surface area contributed by atoms with Gasteiger partial charge in [-0.05, 0) is 43.5 Å². The summed E-state index contributed by atoms with van der Waals surface area (Å²) in [6.45, 7) is 8.82. The Morgan fingerprint density at radius 1 is 1.14 bits per heavy atom. The molecule has 2 aliphatic rings. The Morgan fingerprint density at radius 3 is 2.48 bits per heavy atom. The van der Waals surface area contributed by atoms with E-state index in [1.54, 1.807) is 4.31 Å². The highest BCUT2D eigenvalue weighted by Crippen LogP contribution is 2.48. The number of sulfonamides is 1. The number of hydrogen-bond donors (Lipinski definition) is 0. The molecule has 0 amide bonds. The van der Waals surface area contributed by atoms with E-state index in [1.165, 1.54) is 11.8 Å². The third-order valence-corrected chi connectivity index (χ3v) is 7.29. The fourth-order valence-electron chi connectivity index (χ4n) is 4.48. The molecular weight excluding hydrogens is 384 g/mol. The summed E-state index contributed by atoms with van der Waals surface area (Å²) < 4.78 is 32.3. The average Bonchev–Trinajstić information content (AvgIpc) is 3.01. The molecule has 1 saturated heterocycles. The fourth-order valence-corrected chi connectivity index (χ4v) is 5.48. The van der Waals surface area contributed by atoms with Crippen molar-refractivity contribution in [2.75, 3.05) is 30.2 Å². The van der Waals surface area contributed by atoms with E-state index in [0.29, 0.717) is 19.0 Å². The van der Waals surface area contributed by atoms with E-state index in [1.807, 2.05) is 42.5 Å². The van der Waals surface area contributed by atoms with Gasteiger partial charge >= 0.3 is 0 Å². The smallest absolute Gasteiger partial charge is 0.232 e. The van der Waals surface area contributed by atoms with Gasteiger partial charge in [0.25, 0.3) is 0 Å². The minimum Gasteiger partial charge on any atom is -0.475 e. The van der Waals surface area contributed by atoms with Gasteiger partial charge in [0.1, 0.15) is 6.61 Å². The molecule has 0 N–H and O–H groups in total. The van der Waals surface area contributed by atoms with Crippen molar-refractivity contribution in [3.63, 3.8) is 0 Å². The van der Waals surface area contributed by atoms with E-state index in [-0.39, 0.29) is 5.41 Å². The molecule has 0 aromatic heterocycles. The second-order valence-corrected chi connectivity index (χ2v) is 10.1. The number of rotatable bonds is 5. The van der Waals surface area contributed by atoms with Gasteiger partial charge in [0.2, 0.25) is 10.0 Å². The largest absolute Gasteiger partial charge is 0.475 e. The topological polar surface area (TPSA) is 49.9 Å². The van der Waals surface area contributed by atoms with Crippen molar-refractivity contribution in [1.29, 1.82) is 0 Å². The number of hydrogen-bond acceptors (Lipinski definition) is 4. The molecule has 0 bridgehead atoms. The number of nitrogens with zero attached hydrogens (tertiary/aromatic N) is 2. The second-order valence-electron chi connectivity index (χ2n) is 8.23. The molecule has 0 atom stereocenters. The van der Waals surface area contributed by atoms with E-state index in [4.69, 9.17) is 4.74 Å². The van der Waals surface area contributed by atoms with Gasteiger partial charge in [-0.2, -0.15) is 0 Å². The average molecular weight is 413 g/mol. The van der Waals surface area contributed by atoms with Gasteiger partial charge in [-0.25, -0.2) is 8.42 Å². The lowest BCUT2D eigenvalue weighted by Crippen LogP contribution is -2.45. The number of likely N-dealkylation sites (tertiary alicyclic amines) is 1. The van der Waals surface area contributed by atoms with Crippen molar-refractivity contribution in [1.82, 2.24) is 4.90 Å². The SMILES string of the molecule is C=C(OCc1ccccc1)N1CCC2(CC1)CN(S(C)(=O)=O)c1ccc(C)cc12. The Labute approximate surface area is 173 Å². The second kappa shape index (κ2) is 7.41. The third kappa shape index (κ3) is 3.86. The number of piperidine rings is 1. The number of aryl methyl sites for hydroxylation is 1. The Bertz CT molecular complexity index is 1010. The standard InChI is InChI=1S/C23H28N2O3S/c1-18-9-10-22-21(15-18)23(17-25(22)29(3,26)27)11-13-24(14-12-23)19(2)28-16-20-7-5-4-6-8-20/h4-10,15H,2,11-14,16-17H2,1,3H3. The van der Waals surface area contributed by atoms with Crippen LogP contribution in [0.15, 0.2) is 61.0 Å². The van der Waals surface area contributed by atoms with E-state index in [2.05, 4.69) is 24.5 Å². The molecule has 0 aliphatic carbocycles. The van der Waals surface area contributed by atoms with E-state index in [9.17, 15) is 8.42 Å². The predicted molar refractivity (Wildman–Crippen MR) is 116 cm³/mol. The zero-order valence-corrected chi connectivity index (χ0v) is 17.9. The molecule has 0 saturated carbocycles. The van der Waals surface area contributed by atoms with E-state index < -0.39 is 10.0 Å². The molecule has 0 radical (unpaired) electrons. The summed E-state index contributed by atoms with van der Waals surface area (Å²) in [5, 5.41) is 0. The Kier molecular flexibility index (Phi) is 5.07. The Morgan fingerprint density at radius 2 is 1.83 bits per heavy atom. The zero-order valence-electron chi connectivity index (χ0n) is 17.1. The summed E-state index contributed by atoms with van der Waals surface area (Å²) in [6, 6.07) is 16.2. The molecule has 29 heavy (non-hydrogen) atoms. The van der Waals surface area contributed by atoms with Crippen molar-refractivity contribution in [2.24, 2.45) is 0 Å². The van der Waals surface area contributed by atoms with Gasteiger partial charge in [0.15, 0.2) is 5.88 Å². The summed E-state index contributed by atoms with van der Waals surface area (Å²) in [5.74, 6) is 0.686. The lowest BCUT2D eigenvalue weighted by Gasteiger charge is -2.41. The summed E-state index contributed by atoms with van der Waals surface area (Å²) in [7, 11) is -3.30. The van der Waals surface area contributed by atoms with Gasteiger partial charge < -0.3 is 9.64 Å². The van der Waals surface area contributed by atoms with Crippen LogP contribution in [0, 0.1) is 6.92 Å². The van der Waals surface area contributed by atoms with Crippen LogP contribution in [0.3, 0.4) is 0 Å². The van der Waals surface area contributed by atoms with Crippen molar-refractivity contribution in [3.8, 4) is 0 Å². The first-order valence-corrected chi connectivity index (χ1v) is 11.8. The molecule has 2 aliphatic heterocycles. The minimum atomic E-state index is -3.30. The third-order valence-electron chi connectivity index (χ3n) is 6.16. The van der Waals surface area contributed by atoms with Crippen molar-refractivity contribution < 1.29 is 13.2 Å². The molecular formula is C23H28N2O3S. The molecule has 6 heteroatoms.